The minimum absolute atomic E-state index is 0.0471. The number of methoxy groups -OCH3 is 1. The van der Waals surface area contributed by atoms with E-state index in [4.69, 9.17) is 4.74 Å². The molecule has 0 fully saturated rings. The average Bonchev–Trinajstić information content (AvgIpc) is 2.48. The molecule has 0 unspecified atom stereocenters. The Morgan fingerprint density at radius 2 is 1.95 bits per heavy atom. The van der Waals surface area contributed by atoms with Crippen molar-refractivity contribution in [2.24, 2.45) is 0 Å². The van der Waals surface area contributed by atoms with Crippen molar-refractivity contribution in [1.82, 2.24) is 0 Å². The van der Waals surface area contributed by atoms with Crippen LogP contribution in [-0.4, -0.2) is 18.1 Å². The zero-order valence-electron chi connectivity index (χ0n) is 12.0. The first-order chi connectivity index (χ1) is 10.2. The molecule has 0 saturated heterocycles. The van der Waals surface area contributed by atoms with Crippen LogP contribution in [0.25, 0.3) is 0 Å². The van der Waals surface area contributed by atoms with Gasteiger partial charge in [0.15, 0.2) is 0 Å². The second-order valence-electron chi connectivity index (χ2n) is 4.80. The van der Waals surface area contributed by atoms with Gasteiger partial charge in [-0.05, 0) is 42.7 Å². The molecule has 0 spiro atoms. The maximum absolute atomic E-state index is 11.8. The summed E-state index contributed by atoms with van der Waals surface area (Å²) in [5.41, 5.74) is 1.80. The van der Waals surface area contributed by atoms with Gasteiger partial charge in [-0.15, -0.1) is 0 Å². The van der Waals surface area contributed by atoms with Crippen LogP contribution in [0.15, 0.2) is 48.5 Å². The number of rotatable bonds is 6. The minimum Gasteiger partial charge on any atom is -0.508 e. The summed E-state index contributed by atoms with van der Waals surface area (Å²) < 4.78 is 5.10. The zero-order valence-corrected chi connectivity index (χ0v) is 12.0. The van der Waals surface area contributed by atoms with Gasteiger partial charge >= 0.3 is 0 Å². The summed E-state index contributed by atoms with van der Waals surface area (Å²) in [6.45, 7) is 0. The van der Waals surface area contributed by atoms with Gasteiger partial charge in [-0.25, -0.2) is 0 Å². The van der Waals surface area contributed by atoms with Crippen molar-refractivity contribution in [2.45, 2.75) is 19.3 Å². The molecule has 0 bridgehead atoms. The summed E-state index contributed by atoms with van der Waals surface area (Å²) in [5, 5.41) is 12.1. The molecule has 21 heavy (non-hydrogen) atoms. The Kier molecular flexibility index (Phi) is 5.21. The van der Waals surface area contributed by atoms with Gasteiger partial charge in [-0.1, -0.05) is 18.2 Å². The van der Waals surface area contributed by atoms with Crippen LogP contribution in [0.3, 0.4) is 0 Å². The number of benzene rings is 2. The van der Waals surface area contributed by atoms with Gasteiger partial charge in [0.25, 0.3) is 0 Å². The van der Waals surface area contributed by atoms with E-state index in [0.29, 0.717) is 12.1 Å². The summed E-state index contributed by atoms with van der Waals surface area (Å²) in [5.74, 6) is 0.931. The van der Waals surface area contributed by atoms with E-state index < -0.39 is 0 Å². The number of hydrogen-bond acceptors (Lipinski definition) is 3. The molecule has 4 nitrogen and oxygen atoms in total. The van der Waals surface area contributed by atoms with E-state index in [2.05, 4.69) is 5.32 Å². The number of hydrogen-bond donors (Lipinski definition) is 2. The van der Waals surface area contributed by atoms with Gasteiger partial charge in [0.05, 0.1) is 7.11 Å². The number of amides is 1. The number of carbonyl (C=O) groups is 1. The van der Waals surface area contributed by atoms with Gasteiger partial charge in [0.1, 0.15) is 11.5 Å². The Labute approximate surface area is 124 Å². The van der Waals surface area contributed by atoms with Crippen LogP contribution in [0, 0.1) is 0 Å². The summed E-state index contributed by atoms with van der Waals surface area (Å²) in [6, 6.07) is 14.4. The number of anilines is 1. The number of phenolic OH excluding ortho intramolecular Hbond substituents is 1. The van der Waals surface area contributed by atoms with Gasteiger partial charge in [-0.3, -0.25) is 4.79 Å². The highest BCUT2D eigenvalue weighted by atomic mass is 16.5. The van der Waals surface area contributed by atoms with Crippen molar-refractivity contribution in [2.75, 3.05) is 12.4 Å². The van der Waals surface area contributed by atoms with Crippen molar-refractivity contribution in [1.29, 1.82) is 0 Å². The molecule has 0 aliphatic carbocycles. The Morgan fingerprint density at radius 3 is 2.62 bits per heavy atom. The molecule has 0 aliphatic heterocycles. The Bertz CT molecular complexity index is 593. The maximum Gasteiger partial charge on any atom is 0.224 e. The van der Waals surface area contributed by atoms with Crippen molar-refractivity contribution < 1.29 is 14.6 Å². The highest BCUT2D eigenvalue weighted by Crippen LogP contribution is 2.16. The standard InChI is InChI=1S/C17H19NO3/c1-21-16-10-8-13(9-11-16)4-2-7-17(20)18-14-5-3-6-15(19)12-14/h3,5-6,8-12,19H,2,4,7H2,1H3,(H,18,20). The van der Waals surface area contributed by atoms with Crippen LogP contribution in [0.4, 0.5) is 5.69 Å². The molecule has 0 atom stereocenters. The average molecular weight is 285 g/mol. The normalized spacial score (nSPS) is 10.1. The van der Waals surface area contributed by atoms with E-state index in [1.807, 2.05) is 24.3 Å². The molecule has 110 valence electrons. The molecule has 1 amide bonds. The quantitative estimate of drug-likeness (QED) is 0.855. The van der Waals surface area contributed by atoms with E-state index in [9.17, 15) is 9.90 Å². The van der Waals surface area contributed by atoms with E-state index in [-0.39, 0.29) is 11.7 Å². The fraction of sp³-hybridized carbons (Fsp3) is 0.235. The maximum atomic E-state index is 11.8. The van der Waals surface area contributed by atoms with Crippen LogP contribution < -0.4 is 10.1 Å². The molecule has 0 saturated carbocycles. The Balaban J connectivity index is 1.76. The van der Waals surface area contributed by atoms with Crippen molar-refractivity contribution in [3.05, 3.63) is 54.1 Å². The van der Waals surface area contributed by atoms with Crippen LogP contribution in [0.1, 0.15) is 18.4 Å². The first kappa shape index (κ1) is 14.9. The van der Waals surface area contributed by atoms with Crippen LogP contribution >= 0.6 is 0 Å². The number of aromatic hydroxyl groups is 1. The summed E-state index contributed by atoms with van der Waals surface area (Å²) in [7, 11) is 1.64. The lowest BCUT2D eigenvalue weighted by molar-refractivity contribution is -0.116. The van der Waals surface area contributed by atoms with Crippen LogP contribution in [-0.2, 0) is 11.2 Å². The van der Waals surface area contributed by atoms with Gasteiger partial charge in [0.2, 0.25) is 5.91 Å². The second-order valence-corrected chi connectivity index (χ2v) is 4.80. The SMILES string of the molecule is COc1ccc(CCCC(=O)Nc2cccc(O)c2)cc1. The number of aryl methyl sites for hydroxylation is 1. The molecule has 4 heteroatoms. The first-order valence-electron chi connectivity index (χ1n) is 6.89. The third kappa shape index (κ3) is 4.84. The number of ether oxygens (including phenoxy) is 1. The monoisotopic (exact) mass is 285 g/mol. The first-order valence-corrected chi connectivity index (χ1v) is 6.89. The molecule has 2 N–H and O–H groups in total. The van der Waals surface area contributed by atoms with E-state index in [0.717, 1.165) is 18.6 Å². The topological polar surface area (TPSA) is 58.6 Å². The lowest BCUT2D eigenvalue weighted by atomic mass is 10.1. The predicted octanol–water partition coefficient (Wildman–Crippen LogP) is 3.36. The summed E-state index contributed by atoms with van der Waals surface area (Å²) >= 11 is 0. The van der Waals surface area contributed by atoms with Crippen molar-refractivity contribution >= 4 is 11.6 Å². The van der Waals surface area contributed by atoms with Crippen molar-refractivity contribution in [3.63, 3.8) is 0 Å². The summed E-state index contributed by atoms with van der Waals surface area (Å²) in [4.78, 5) is 11.8. The molecular weight excluding hydrogens is 266 g/mol. The highest BCUT2D eigenvalue weighted by Gasteiger charge is 2.03. The molecular formula is C17H19NO3. The van der Waals surface area contributed by atoms with Gasteiger partial charge < -0.3 is 15.2 Å². The Hall–Kier alpha value is -2.49. The predicted molar refractivity (Wildman–Crippen MR) is 82.7 cm³/mol. The summed E-state index contributed by atoms with van der Waals surface area (Å²) in [6.07, 6.45) is 2.07. The molecule has 0 radical (unpaired) electrons. The fourth-order valence-corrected chi connectivity index (χ4v) is 2.05. The Morgan fingerprint density at radius 1 is 1.19 bits per heavy atom. The van der Waals surface area contributed by atoms with E-state index in [1.165, 1.54) is 11.6 Å². The number of carbonyl (C=O) groups excluding carboxylic acids is 1. The van der Waals surface area contributed by atoms with E-state index >= 15 is 0 Å². The largest absolute Gasteiger partial charge is 0.508 e. The van der Waals surface area contributed by atoms with Gasteiger partial charge in [-0.2, -0.15) is 0 Å². The second kappa shape index (κ2) is 7.33. The molecule has 0 aromatic heterocycles. The lowest BCUT2D eigenvalue weighted by Gasteiger charge is -2.06. The highest BCUT2D eigenvalue weighted by molar-refractivity contribution is 5.90. The van der Waals surface area contributed by atoms with Gasteiger partial charge in [0, 0.05) is 18.2 Å². The number of phenols is 1. The third-order valence-electron chi connectivity index (χ3n) is 3.16. The molecule has 2 rings (SSSR count). The third-order valence-corrected chi connectivity index (χ3v) is 3.16. The molecule has 0 aliphatic rings. The molecule has 2 aromatic rings. The lowest BCUT2D eigenvalue weighted by Crippen LogP contribution is -2.11. The molecule has 2 aromatic carbocycles. The van der Waals surface area contributed by atoms with E-state index in [1.54, 1.807) is 25.3 Å². The minimum atomic E-state index is -0.0471. The smallest absolute Gasteiger partial charge is 0.224 e. The van der Waals surface area contributed by atoms with Crippen LogP contribution in [0.2, 0.25) is 0 Å². The molecule has 0 heterocycles. The zero-order chi connectivity index (χ0) is 15.1. The van der Waals surface area contributed by atoms with Crippen molar-refractivity contribution in [3.8, 4) is 11.5 Å². The van der Waals surface area contributed by atoms with Crippen LogP contribution in [0.5, 0.6) is 11.5 Å². The fourth-order valence-electron chi connectivity index (χ4n) is 2.05. The number of nitrogens with one attached hydrogen (secondary N) is 1.